The van der Waals surface area contributed by atoms with E-state index in [1.54, 1.807) is 0 Å². The van der Waals surface area contributed by atoms with E-state index < -0.39 is 17.7 Å². The maximum atomic E-state index is 11.8. The van der Waals surface area contributed by atoms with Gasteiger partial charge in [-0.2, -0.15) is 10.5 Å². The SMILES string of the molecule is N#CC1CC2(CCN1C#N)OC(=O)Nc1ccccc12. The molecule has 1 saturated heterocycles. The van der Waals surface area contributed by atoms with Crippen LogP contribution in [-0.4, -0.2) is 23.6 Å². The maximum absolute atomic E-state index is 11.8. The summed E-state index contributed by atoms with van der Waals surface area (Å²) in [5, 5.41) is 20.9. The van der Waals surface area contributed by atoms with Gasteiger partial charge >= 0.3 is 6.09 Å². The predicted octanol–water partition coefficient (Wildman–Crippen LogP) is 1.91. The number of nitrogens with one attached hydrogen (secondary N) is 1. The smallest absolute Gasteiger partial charge is 0.412 e. The number of likely N-dealkylation sites (tertiary alicyclic amines) is 1. The van der Waals surface area contributed by atoms with Crippen LogP contribution in [0, 0.1) is 22.8 Å². The molecule has 100 valence electrons. The van der Waals surface area contributed by atoms with E-state index in [0.29, 0.717) is 25.1 Å². The van der Waals surface area contributed by atoms with E-state index >= 15 is 0 Å². The highest BCUT2D eigenvalue weighted by atomic mass is 16.6. The number of nitriles is 2. The summed E-state index contributed by atoms with van der Waals surface area (Å²) < 4.78 is 5.53. The average molecular weight is 268 g/mol. The van der Waals surface area contributed by atoms with Crippen LogP contribution in [-0.2, 0) is 10.3 Å². The Morgan fingerprint density at radius 3 is 2.95 bits per heavy atom. The molecule has 1 aromatic carbocycles. The lowest BCUT2D eigenvalue weighted by Crippen LogP contribution is -2.51. The monoisotopic (exact) mass is 268 g/mol. The zero-order chi connectivity index (χ0) is 14.2. The molecule has 2 aliphatic rings. The summed E-state index contributed by atoms with van der Waals surface area (Å²) in [5.74, 6) is 0. The Bertz CT molecular complexity index is 645. The van der Waals surface area contributed by atoms with Gasteiger partial charge in [0.05, 0.1) is 11.8 Å². The van der Waals surface area contributed by atoms with Crippen LogP contribution in [0.5, 0.6) is 0 Å². The molecule has 0 aromatic heterocycles. The van der Waals surface area contributed by atoms with Crippen LogP contribution in [0.25, 0.3) is 0 Å². The van der Waals surface area contributed by atoms with Gasteiger partial charge in [0, 0.05) is 24.9 Å². The van der Waals surface area contributed by atoms with Gasteiger partial charge in [-0.25, -0.2) is 4.79 Å². The number of nitrogens with zero attached hydrogens (tertiary/aromatic N) is 3. The second kappa shape index (κ2) is 4.43. The summed E-state index contributed by atoms with van der Waals surface area (Å²) in [6.07, 6.45) is 2.32. The molecule has 20 heavy (non-hydrogen) atoms. The Kier molecular flexibility index (Phi) is 2.73. The van der Waals surface area contributed by atoms with Crippen molar-refractivity contribution in [1.82, 2.24) is 4.90 Å². The number of carbonyl (C=O) groups is 1. The van der Waals surface area contributed by atoms with E-state index in [9.17, 15) is 10.1 Å². The molecule has 2 unspecified atom stereocenters. The van der Waals surface area contributed by atoms with E-state index in [2.05, 4.69) is 11.4 Å². The lowest BCUT2D eigenvalue weighted by Gasteiger charge is -2.44. The summed E-state index contributed by atoms with van der Waals surface area (Å²) in [7, 11) is 0. The molecule has 0 aliphatic carbocycles. The van der Waals surface area contributed by atoms with Crippen molar-refractivity contribution in [3.05, 3.63) is 29.8 Å². The molecule has 6 heteroatoms. The third-order valence-electron chi connectivity index (χ3n) is 3.88. The van der Waals surface area contributed by atoms with Gasteiger partial charge in [0.2, 0.25) is 0 Å². The van der Waals surface area contributed by atoms with Crippen molar-refractivity contribution in [3.8, 4) is 12.3 Å². The second-order valence-corrected chi connectivity index (χ2v) is 4.95. The highest BCUT2D eigenvalue weighted by Gasteiger charge is 2.47. The highest BCUT2D eigenvalue weighted by molar-refractivity contribution is 5.88. The standard InChI is InChI=1S/C14H12N4O2/c15-8-10-7-14(5-6-18(10)9-16)11-3-1-2-4-12(11)17-13(19)20-14/h1-4,10H,5-7H2,(H,17,19). The molecule has 2 heterocycles. The van der Waals surface area contributed by atoms with Crippen molar-refractivity contribution in [3.63, 3.8) is 0 Å². The van der Waals surface area contributed by atoms with Gasteiger partial charge in [0.15, 0.2) is 6.19 Å². The molecule has 0 bridgehead atoms. The molecule has 2 atom stereocenters. The number of benzene rings is 1. The van der Waals surface area contributed by atoms with Crippen LogP contribution in [0.3, 0.4) is 0 Å². The first-order valence-electron chi connectivity index (χ1n) is 6.34. The Hall–Kier alpha value is -2.73. The molecule has 1 amide bonds. The zero-order valence-corrected chi connectivity index (χ0v) is 10.7. The maximum Gasteiger partial charge on any atom is 0.412 e. The van der Waals surface area contributed by atoms with E-state index in [1.807, 2.05) is 30.5 Å². The van der Waals surface area contributed by atoms with Crippen LogP contribution in [0.4, 0.5) is 10.5 Å². The van der Waals surface area contributed by atoms with Crippen molar-refractivity contribution in [2.45, 2.75) is 24.5 Å². The number of para-hydroxylation sites is 1. The summed E-state index contributed by atoms with van der Waals surface area (Å²) in [6, 6.07) is 8.96. The van der Waals surface area contributed by atoms with Crippen molar-refractivity contribution >= 4 is 11.8 Å². The predicted molar refractivity (Wildman–Crippen MR) is 69.2 cm³/mol. The average Bonchev–Trinajstić information content (AvgIpc) is 2.47. The Labute approximate surface area is 116 Å². The van der Waals surface area contributed by atoms with Crippen LogP contribution in [0.1, 0.15) is 18.4 Å². The van der Waals surface area contributed by atoms with Gasteiger partial charge in [-0.05, 0) is 6.07 Å². The van der Waals surface area contributed by atoms with Crippen molar-refractivity contribution in [1.29, 1.82) is 10.5 Å². The van der Waals surface area contributed by atoms with Gasteiger partial charge in [-0.3, -0.25) is 10.2 Å². The Morgan fingerprint density at radius 1 is 1.40 bits per heavy atom. The van der Waals surface area contributed by atoms with E-state index in [4.69, 9.17) is 10.00 Å². The van der Waals surface area contributed by atoms with Gasteiger partial charge in [-0.15, -0.1) is 0 Å². The van der Waals surface area contributed by atoms with Gasteiger partial charge < -0.3 is 4.74 Å². The lowest BCUT2D eigenvalue weighted by atomic mass is 9.79. The fraction of sp³-hybridized carbons (Fsp3) is 0.357. The fourth-order valence-corrected chi connectivity index (χ4v) is 2.91. The number of amides is 1. The Morgan fingerprint density at radius 2 is 2.20 bits per heavy atom. The minimum atomic E-state index is -0.813. The number of carbonyl (C=O) groups excluding carboxylic acids is 1. The van der Waals surface area contributed by atoms with Crippen molar-refractivity contribution in [2.24, 2.45) is 0 Å². The third-order valence-corrected chi connectivity index (χ3v) is 3.88. The number of hydrogen-bond acceptors (Lipinski definition) is 5. The van der Waals surface area contributed by atoms with E-state index in [0.717, 1.165) is 5.56 Å². The first kappa shape index (κ1) is 12.3. The van der Waals surface area contributed by atoms with Crippen LogP contribution in [0.2, 0.25) is 0 Å². The van der Waals surface area contributed by atoms with Gasteiger partial charge in [0.1, 0.15) is 11.6 Å². The summed E-state index contributed by atoms with van der Waals surface area (Å²) in [6.45, 7) is 0.399. The van der Waals surface area contributed by atoms with Crippen molar-refractivity contribution in [2.75, 3.05) is 11.9 Å². The van der Waals surface area contributed by atoms with Crippen LogP contribution in [0.15, 0.2) is 24.3 Å². The first-order chi connectivity index (χ1) is 9.68. The van der Waals surface area contributed by atoms with Gasteiger partial charge in [0.25, 0.3) is 0 Å². The summed E-state index contributed by atoms with van der Waals surface area (Å²) in [5.41, 5.74) is 0.774. The van der Waals surface area contributed by atoms with E-state index in [1.165, 1.54) is 4.90 Å². The zero-order valence-electron chi connectivity index (χ0n) is 10.7. The largest absolute Gasteiger partial charge is 0.438 e. The minimum Gasteiger partial charge on any atom is -0.438 e. The Balaban J connectivity index is 2.03. The number of fused-ring (bicyclic) bond motifs is 2. The molecule has 1 spiro atoms. The quantitative estimate of drug-likeness (QED) is 0.726. The molecule has 0 radical (unpaired) electrons. The molecule has 3 rings (SSSR count). The molecule has 1 fully saturated rings. The molecular weight excluding hydrogens is 256 g/mol. The first-order valence-corrected chi connectivity index (χ1v) is 6.34. The molecule has 1 N–H and O–H groups in total. The number of piperidine rings is 1. The molecule has 0 saturated carbocycles. The fourth-order valence-electron chi connectivity index (χ4n) is 2.91. The second-order valence-electron chi connectivity index (χ2n) is 4.95. The molecule has 6 nitrogen and oxygen atoms in total. The highest BCUT2D eigenvalue weighted by Crippen LogP contribution is 2.44. The van der Waals surface area contributed by atoms with Crippen molar-refractivity contribution < 1.29 is 9.53 Å². The molecule has 2 aliphatic heterocycles. The van der Waals surface area contributed by atoms with Crippen LogP contribution < -0.4 is 5.32 Å². The summed E-state index contributed by atoms with van der Waals surface area (Å²) in [4.78, 5) is 13.2. The number of hydrogen-bond donors (Lipinski definition) is 1. The topological polar surface area (TPSA) is 89.2 Å². The summed E-state index contributed by atoms with van der Waals surface area (Å²) >= 11 is 0. The lowest BCUT2D eigenvalue weighted by molar-refractivity contribution is -0.0387. The number of ether oxygens (including phenoxy) is 1. The molecular formula is C14H12N4O2. The van der Waals surface area contributed by atoms with Crippen LogP contribution >= 0.6 is 0 Å². The minimum absolute atomic E-state index is 0.307. The number of rotatable bonds is 0. The normalized spacial score (nSPS) is 27.8. The van der Waals surface area contributed by atoms with Gasteiger partial charge in [-0.1, -0.05) is 18.2 Å². The molecule has 1 aromatic rings. The number of anilines is 1. The third kappa shape index (κ3) is 1.74. The van der Waals surface area contributed by atoms with E-state index in [-0.39, 0.29) is 0 Å².